The van der Waals surface area contributed by atoms with Gasteiger partial charge in [0.05, 0.1) is 5.02 Å². The number of halogens is 1. The van der Waals surface area contributed by atoms with Gasteiger partial charge in [-0.15, -0.1) is 0 Å². The number of hydrogen-bond donors (Lipinski definition) is 0. The fourth-order valence-electron chi connectivity index (χ4n) is 2.56. The molecule has 1 atom stereocenters. The number of carbonyl (C=O) groups is 1. The van der Waals surface area contributed by atoms with E-state index in [9.17, 15) is 4.79 Å². The minimum Gasteiger partial charge on any atom is -0.436 e. The number of carbonyl (C=O) groups excluding carboxylic acids is 1. The second-order valence-electron chi connectivity index (χ2n) is 5.62. The quantitative estimate of drug-likeness (QED) is 0.695. The first kappa shape index (κ1) is 16.3. The van der Waals surface area contributed by atoms with Gasteiger partial charge in [0.15, 0.2) is 6.10 Å². The van der Waals surface area contributed by atoms with Gasteiger partial charge < -0.3 is 9.64 Å². The number of fused-ring (bicyclic) bond motifs is 1. The van der Waals surface area contributed by atoms with Gasteiger partial charge in [0.2, 0.25) is 0 Å². The number of hydrogen-bond acceptors (Lipinski definition) is 3. The molecule has 24 heavy (non-hydrogen) atoms. The minimum atomic E-state index is -0.632. The van der Waals surface area contributed by atoms with Crippen LogP contribution >= 0.6 is 11.6 Å². The van der Waals surface area contributed by atoms with E-state index < -0.39 is 12.2 Å². The van der Waals surface area contributed by atoms with E-state index in [1.54, 1.807) is 32.6 Å². The first-order valence-corrected chi connectivity index (χ1v) is 7.90. The topological polar surface area (TPSA) is 42.4 Å². The number of nitrogens with zero attached hydrogens (tertiary/aromatic N) is 2. The molecule has 0 N–H and O–H groups in total. The lowest BCUT2D eigenvalue weighted by Gasteiger charge is -2.23. The molecule has 3 aromatic rings. The zero-order valence-corrected chi connectivity index (χ0v) is 14.2. The van der Waals surface area contributed by atoms with Crippen LogP contribution in [-0.4, -0.2) is 30.1 Å². The molecule has 1 amide bonds. The Kier molecular flexibility index (Phi) is 4.67. The second-order valence-corrected chi connectivity index (χ2v) is 6.03. The van der Waals surface area contributed by atoms with Gasteiger partial charge in [-0.05, 0) is 16.8 Å². The summed E-state index contributed by atoms with van der Waals surface area (Å²) in [5, 5.41) is 2.59. The van der Waals surface area contributed by atoms with Gasteiger partial charge in [-0.3, -0.25) is 4.98 Å². The molecule has 0 bridgehead atoms. The van der Waals surface area contributed by atoms with Crippen molar-refractivity contribution < 1.29 is 9.53 Å². The van der Waals surface area contributed by atoms with E-state index in [4.69, 9.17) is 16.3 Å². The lowest BCUT2D eigenvalue weighted by molar-refractivity contribution is 0.0914. The van der Waals surface area contributed by atoms with Crippen LogP contribution in [-0.2, 0) is 4.74 Å². The number of benzene rings is 2. The van der Waals surface area contributed by atoms with Crippen LogP contribution in [0.25, 0.3) is 10.8 Å². The Balaban J connectivity index is 2.17. The molecule has 5 heteroatoms. The highest BCUT2D eigenvalue weighted by atomic mass is 35.5. The molecule has 0 aliphatic carbocycles. The SMILES string of the molecule is CN(C)C(=O)OC(c1cnccc1Cl)c1cccc2ccccc12. The van der Waals surface area contributed by atoms with Crippen LogP contribution in [0.3, 0.4) is 0 Å². The maximum Gasteiger partial charge on any atom is 0.410 e. The van der Waals surface area contributed by atoms with Crippen molar-refractivity contribution in [2.75, 3.05) is 14.1 Å². The van der Waals surface area contributed by atoms with E-state index in [-0.39, 0.29) is 0 Å². The minimum absolute atomic E-state index is 0.437. The van der Waals surface area contributed by atoms with Gasteiger partial charge in [-0.2, -0.15) is 0 Å². The molecule has 0 spiro atoms. The van der Waals surface area contributed by atoms with Crippen molar-refractivity contribution >= 4 is 28.5 Å². The smallest absolute Gasteiger partial charge is 0.410 e. The fourth-order valence-corrected chi connectivity index (χ4v) is 2.77. The Morgan fingerprint density at radius 2 is 1.83 bits per heavy atom. The summed E-state index contributed by atoms with van der Waals surface area (Å²) < 4.78 is 5.74. The molecule has 4 nitrogen and oxygen atoms in total. The maximum absolute atomic E-state index is 12.2. The third kappa shape index (κ3) is 3.19. The second kappa shape index (κ2) is 6.89. The van der Waals surface area contributed by atoms with Crippen LogP contribution in [0.2, 0.25) is 5.02 Å². The third-order valence-corrected chi connectivity index (χ3v) is 4.11. The van der Waals surface area contributed by atoms with E-state index >= 15 is 0 Å². The number of ether oxygens (including phenoxy) is 1. The summed E-state index contributed by atoms with van der Waals surface area (Å²) in [5.74, 6) is 0. The van der Waals surface area contributed by atoms with Gasteiger partial charge in [0, 0.05) is 37.6 Å². The summed E-state index contributed by atoms with van der Waals surface area (Å²) in [6.45, 7) is 0. The molecule has 122 valence electrons. The van der Waals surface area contributed by atoms with E-state index in [0.29, 0.717) is 10.6 Å². The number of pyridine rings is 1. The van der Waals surface area contributed by atoms with Crippen LogP contribution in [0, 0.1) is 0 Å². The molecule has 2 aromatic carbocycles. The van der Waals surface area contributed by atoms with Crippen molar-refractivity contribution in [3.05, 3.63) is 77.1 Å². The monoisotopic (exact) mass is 340 g/mol. The molecular formula is C19H17ClN2O2. The van der Waals surface area contributed by atoms with Crippen molar-refractivity contribution in [2.24, 2.45) is 0 Å². The highest BCUT2D eigenvalue weighted by Crippen LogP contribution is 2.35. The lowest BCUT2D eigenvalue weighted by atomic mass is 9.96. The van der Waals surface area contributed by atoms with Crippen molar-refractivity contribution in [3.8, 4) is 0 Å². The largest absolute Gasteiger partial charge is 0.436 e. The Labute approximate surface area is 145 Å². The van der Waals surface area contributed by atoms with Crippen LogP contribution in [0.1, 0.15) is 17.2 Å². The number of rotatable bonds is 3. The average Bonchev–Trinajstić information content (AvgIpc) is 2.60. The summed E-state index contributed by atoms with van der Waals surface area (Å²) in [6, 6.07) is 15.6. The van der Waals surface area contributed by atoms with Crippen molar-refractivity contribution in [2.45, 2.75) is 6.10 Å². The summed E-state index contributed by atoms with van der Waals surface area (Å²) in [6.07, 6.45) is 2.18. The molecule has 0 saturated heterocycles. The Morgan fingerprint density at radius 3 is 2.58 bits per heavy atom. The molecule has 0 fully saturated rings. The third-order valence-electron chi connectivity index (χ3n) is 3.77. The number of amides is 1. The first-order chi connectivity index (χ1) is 11.6. The molecule has 0 radical (unpaired) electrons. The molecule has 0 saturated carbocycles. The van der Waals surface area contributed by atoms with Crippen LogP contribution in [0.15, 0.2) is 60.9 Å². The Bertz CT molecular complexity index is 875. The molecule has 1 unspecified atom stereocenters. The van der Waals surface area contributed by atoms with E-state index in [0.717, 1.165) is 16.3 Å². The van der Waals surface area contributed by atoms with Gasteiger partial charge in [-0.1, -0.05) is 54.1 Å². The molecule has 1 heterocycles. The van der Waals surface area contributed by atoms with E-state index in [1.807, 2.05) is 42.5 Å². The maximum atomic E-state index is 12.2. The van der Waals surface area contributed by atoms with E-state index in [1.165, 1.54) is 4.90 Å². The van der Waals surface area contributed by atoms with Crippen molar-refractivity contribution in [3.63, 3.8) is 0 Å². The fraction of sp³-hybridized carbons (Fsp3) is 0.158. The summed E-state index contributed by atoms with van der Waals surface area (Å²) in [4.78, 5) is 17.7. The predicted molar refractivity (Wildman–Crippen MR) is 95.2 cm³/mol. The van der Waals surface area contributed by atoms with Crippen LogP contribution in [0.5, 0.6) is 0 Å². The molecular weight excluding hydrogens is 324 g/mol. The lowest BCUT2D eigenvalue weighted by Crippen LogP contribution is -2.25. The van der Waals surface area contributed by atoms with Gasteiger partial charge >= 0.3 is 6.09 Å². The normalized spacial score (nSPS) is 12.0. The predicted octanol–water partition coefficient (Wildman–Crippen LogP) is 4.68. The number of aromatic nitrogens is 1. The summed E-state index contributed by atoms with van der Waals surface area (Å²) >= 11 is 6.34. The van der Waals surface area contributed by atoms with Crippen LogP contribution in [0.4, 0.5) is 4.79 Å². The van der Waals surface area contributed by atoms with Gasteiger partial charge in [0.1, 0.15) is 0 Å². The average molecular weight is 341 g/mol. The van der Waals surface area contributed by atoms with Crippen LogP contribution < -0.4 is 0 Å². The zero-order valence-electron chi connectivity index (χ0n) is 13.4. The zero-order chi connectivity index (χ0) is 17.1. The van der Waals surface area contributed by atoms with Gasteiger partial charge in [-0.25, -0.2) is 4.79 Å². The molecule has 1 aromatic heterocycles. The van der Waals surface area contributed by atoms with Crippen molar-refractivity contribution in [1.82, 2.24) is 9.88 Å². The Morgan fingerprint density at radius 1 is 1.08 bits per heavy atom. The summed E-state index contributed by atoms with van der Waals surface area (Å²) in [5.41, 5.74) is 1.53. The first-order valence-electron chi connectivity index (χ1n) is 7.53. The van der Waals surface area contributed by atoms with E-state index in [2.05, 4.69) is 4.98 Å². The van der Waals surface area contributed by atoms with Crippen molar-refractivity contribution in [1.29, 1.82) is 0 Å². The highest BCUT2D eigenvalue weighted by molar-refractivity contribution is 6.31. The highest BCUT2D eigenvalue weighted by Gasteiger charge is 2.24. The van der Waals surface area contributed by atoms with Gasteiger partial charge in [0.25, 0.3) is 0 Å². The molecule has 0 aliphatic heterocycles. The summed E-state index contributed by atoms with van der Waals surface area (Å²) in [7, 11) is 3.29. The Hall–Kier alpha value is -2.59. The standard InChI is InChI=1S/C19H17ClN2O2/c1-22(2)19(23)24-18(16-12-21-11-10-17(16)20)15-9-5-7-13-6-3-4-8-14(13)15/h3-12,18H,1-2H3. The molecule has 3 rings (SSSR count). The molecule has 0 aliphatic rings.